The molecule has 2 nitrogen and oxygen atoms in total. The van der Waals surface area contributed by atoms with Crippen molar-refractivity contribution in [2.24, 2.45) is 11.8 Å². The van der Waals surface area contributed by atoms with E-state index < -0.39 is 0 Å². The smallest absolute Gasteiger partial charge is 0.0672 e. The summed E-state index contributed by atoms with van der Waals surface area (Å²) in [7, 11) is 4.25. The summed E-state index contributed by atoms with van der Waals surface area (Å²) in [5.41, 5.74) is 0. The molecular weight excluding hydrogens is 184 g/mol. The molecule has 0 heterocycles. The summed E-state index contributed by atoms with van der Waals surface area (Å²) in [4.78, 5) is 2.27. The maximum atomic E-state index is 9.20. The fourth-order valence-electron chi connectivity index (χ4n) is 2.99. The van der Waals surface area contributed by atoms with Gasteiger partial charge in [-0.15, -0.1) is 0 Å². The van der Waals surface area contributed by atoms with E-state index in [1.54, 1.807) is 0 Å². The van der Waals surface area contributed by atoms with Crippen molar-refractivity contribution in [3.63, 3.8) is 0 Å². The Morgan fingerprint density at radius 3 is 2.27 bits per heavy atom. The van der Waals surface area contributed by atoms with Gasteiger partial charge in [-0.05, 0) is 39.3 Å². The molecule has 0 saturated heterocycles. The Morgan fingerprint density at radius 2 is 1.87 bits per heavy atom. The van der Waals surface area contributed by atoms with Crippen LogP contribution in [0.4, 0.5) is 0 Å². The van der Waals surface area contributed by atoms with E-state index in [0.717, 1.165) is 12.3 Å². The van der Waals surface area contributed by atoms with Gasteiger partial charge in [-0.3, -0.25) is 0 Å². The van der Waals surface area contributed by atoms with Gasteiger partial charge in [0.05, 0.1) is 12.0 Å². The van der Waals surface area contributed by atoms with Crippen LogP contribution >= 0.6 is 0 Å². The number of hydrogen-bond acceptors (Lipinski definition) is 2. The summed E-state index contributed by atoms with van der Waals surface area (Å²) < 4.78 is 0. The van der Waals surface area contributed by atoms with E-state index in [0.29, 0.717) is 6.04 Å². The van der Waals surface area contributed by atoms with Crippen molar-refractivity contribution in [2.45, 2.75) is 51.5 Å². The minimum Gasteiger partial charge on any atom is -0.305 e. The lowest BCUT2D eigenvalue weighted by atomic mass is 9.78. The van der Waals surface area contributed by atoms with Crippen molar-refractivity contribution in [3.8, 4) is 6.07 Å². The van der Waals surface area contributed by atoms with E-state index in [1.807, 2.05) is 0 Å². The normalized spacial score (nSPS) is 22.3. The first-order valence-corrected chi connectivity index (χ1v) is 6.26. The van der Waals surface area contributed by atoms with Gasteiger partial charge in [0.25, 0.3) is 0 Å². The predicted molar refractivity (Wildman–Crippen MR) is 63.4 cm³/mol. The fourth-order valence-corrected chi connectivity index (χ4v) is 2.99. The molecule has 0 N–H and O–H groups in total. The van der Waals surface area contributed by atoms with Gasteiger partial charge in [0.1, 0.15) is 0 Å². The van der Waals surface area contributed by atoms with Crippen molar-refractivity contribution in [1.82, 2.24) is 4.90 Å². The number of rotatable bonds is 4. The molecule has 1 saturated carbocycles. The highest BCUT2D eigenvalue weighted by molar-refractivity contribution is 4.95. The van der Waals surface area contributed by atoms with Crippen LogP contribution in [0.3, 0.4) is 0 Å². The second-order valence-electron chi connectivity index (χ2n) is 5.00. The first-order chi connectivity index (χ1) is 7.20. The lowest BCUT2D eigenvalue weighted by Crippen LogP contribution is -2.41. The summed E-state index contributed by atoms with van der Waals surface area (Å²) in [6.45, 7) is 2.13. The Kier molecular flexibility index (Phi) is 5.11. The molecule has 0 spiro atoms. The molecule has 1 rings (SSSR count). The molecule has 2 unspecified atom stereocenters. The molecule has 0 aliphatic heterocycles. The van der Waals surface area contributed by atoms with Gasteiger partial charge in [0, 0.05) is 6.04 Å². The van der Waals surface area contributed by atoms with Crippen LogP contribution in [-0.4, -0.2) is 25.0 Å². The lowest BCUT2D eigenvalue weighted by Gasteiger charge is -2.37. The van der Waals surface area contributed by atoms with Gasteiger partial charge in [-0.2, -0.15) is 5.26 Å². The largest absolute Gasteiger partial charge is 0.305 e. The highest BCUT2D eigenvalue weighted by Crippen LogP contribution is 2.32. The van der Waals surface area contributed by atoms with Gasteiger partial charge in [-0.25, -0.2) is 0 Å². The first kappa shape index (κ1) is 12.5. The zero-order chi connectivity index (χ0) is 11.3. The Balaban J connectivity index is 2.67. The summed E-state index contributed by atoms with van der Waals surface area (Å²) in [6, 6.07) is 2.96. The molecule has 86 valence electrons. The third-order valence-electron chi connectivity index (χ3n) is 3.75. The van der Waals surface area contributed by atoms with Gasteiger partial charge in [-0.1, -0.05) is 26.2 Å². The van der Waals surface area contributed by atoms with Crippen molar-refractivity contribution in [2.75, 3.05) is 14.1 Å². The SMILES string of the molecule is CCC(C#N)C(C1CCCCC1)N(C)C. The highest BCUT2D eigenvalue weighted by atomic mass is 15.1. The second kappa shape index (κ2) is 6.12. The first-order valence-electron chi connectivity index (χ1n) is 6.26. The number of nitrogens with zero attached hydrogens (tertiary/aromatic N) is 2. The lowest BCUT2D eigenvalue weighted by molar-refractivity contribution is 0.132. The van der Waals surface area contributed by atoms with Crippen molar-refractivity contribution in [1.29, 1.82) is 5.26 Å². The average Bonchev–Trinajstić information content (AvgIpc) is 2.26. The molecule has 0 aromatic carbocycles. The van der Waals surface area contributed by atoms with Gasteiger partial charge < -0.3 is 4.90 Å². The molecule has 0 aromatic heterocycles. The molecule has 0 bridgehead atoms. The maximum absolute atomic E-state index is 9.20. The van der Waals surface area contributed by atoms with Crippen LogP contribution in [0.25, 0.3) is 0 Å². The monoisotopic (exact) mass is 208 g/mol. The van der Waals surface area contributed by atoms with E-state index in [2.05, 4.69) is 32.0 Å². The Hall–Kier alpha value is -0.550. The minimum atomic E-state index is 0.211. The topological polar surface area (TPSA) is 27.0 Å². The van der Waals surface area contributed by atoms with Crippen molar-refractivity contribution >= 4 is 0 Å². The zero-order valence-corrected chi connectivity index (χ0v) is 10.4. The van der Waals surface area contributed by atoms with E-state index in [-0.39, 0.29) is 5.92 Å². The molecule has 1 aliphatic carbocycles. The van der Waals surface area contributed by atoms with Gasteiger partial charge in [0.15, 0.2) is 0 Å². The van der Waals surface area contributed by atoms with Crippen LogP contribution in [0.1, 0.15) is 45.4 Å². The predicted octanol–water partition coefficient (Wildman–Crippen LogP) is 3.05. The molecule has 2 heteroatoms. The quantitative estimate of drug-likeness (QED) is 0.710. The summed E-state index contributed by atoms with van der Waals surface area (Å²) >= 11 is 0. The summed E-state index contributed by atoms with van der Waals surface area (Å²) in [5, 5.41) is 9.20. The highest BCUT2D eigenvalue weighted by Gasteiger charge is 2.31. The van der Waals surface area contributed by atoms with Crippen LogP contribution < -0.4 is 0 Å². The summed E-state index contributed by atoms with van der Waals surface area (Å²) in [6.07, 6.45) is 7.73. The average molecular weight is 208 g/mol. The Morgan fingerprint density at radius 1 is 1.27 bits per heavy atom. The van der Waals surface area contributed by atoms with E-state index >= 15 is 0 Å². The maximum Gasteiger partial charge on any atom is 0.0672 e. The van der Waals surface area contributed by atoms with Gasteiger partial charge in [0.2, 0.25) is 0 Å². The molecular formula is C13H24N2. The number of hydrogen-bond donors (Lipinski definition) is 0. The number of nitriles is 1. The summed E-state index contributed by atoms with van der Waals surface area (Å²) in [5.74, 6) is 0.960. The molecule has 1 aliphatic rings. The second-order valence-corrected chi connectivity index (χ2v) is 5.00. The minimum absolute atomic E-state index is 0.211. The molecule has 0 radical (unpaired) electrons. The van der Waals surface area contributed by atoms with E-state index in [1.165, 1.54) is 32.1 Å². The van der Waals surface area contributed by atoms with Crippen molar-refractivity contribution in [3.05, 3.63) is 0 Å². The van der Waals surface area contributed by atoms with Crippen molar-refractivity contribution < 1.29 is 0 Å². The molecule has 0 aromatic rings. The van der Waals surface area contributed by atoms with E-state index in [4.69, 9.17) is 0 Å². The third-order valence-corrected chi connectivity index (χ3v) is 3.75. The standard InChI is InChI=1S/C13H24N2/c1-4-11(10-14)13(15(2)3)12-8-6-5-7-9-12/h11-13H,4-9H2,1-3H3. The van der Waals surface area contributed by atoms with Crippen LogP contribution in [0.5, 0.6) is 0 Å². The van der Waals surface area contributed by atoms with E-state index in [9.17, 15) is 5.26 Å². The van der Waals surface area contributed by atoms with Crippen LogP contribution in [0, 0.1) is 23.2 Å². The molecule has 1 fully saturated rings. The Labute approximate surface area is 94.3 Å². The molecule has 15 heavy (non-hydrogen) atoms. The zero-order valence-electron chi connectivity index (χ0n) is 10.4. The van der Waals surface area contributed by atoms with Crippen LogP contribution in [0.2, 0.25) is 0 Å². The van der Waals surface area contributed by atoms with Crippen LogP contribution in [0.15, 0.2) is 0 Å². The molecule has 2 atom stereocenters. The third kappa shape index (κ3) is 3.21. The fraction of sp³-hybridized carbons (Fsp3) is 0.923. The van der Waals surface area contributed by atoms with Gasteiger partial charge >= 0.3 is 0 Å². The Bertz CT molecular complexity index is 211. The molecule has 0 amide bonds. The van der Waals surface area contributed by atoms with Crippen LogP contribution in [-0.2, 0) is 0 Å².